The molecule has 1 aromatic heterocycles. The average Bonchev–Trinajstić information content (AvgIpc) is 2.85. The molecule has 0 saturated carbocycles. The third-order valence-corrected chi connectivity index (χ3v) is 5.79. The summed E-state index contributed by atoms with van der Waals surface area (Å²) in [5.41, 5.74) is 7.14. The van der Waals surface area contributed by atoms with E-state index in [1.165, 1.54) is 6.07 Å². The highest BCUT2D eigenvalue weighted by molar-refractivity contribution is 7.91. The number of nitrogens with one attached hydrogen (secondary N) is 1. The minimum atomic E-state index is -3.54. The van der Waals surface area contributed by atoms with Crippen LogP contribution in [0.25, 0.3) is 0 Å². The molecular weight excluding hydrogens is 308 g/mol. The second kappa shape index (κ2) is 6.46. The largest absolute Gasteiger partial charge is 0.492 e. The lowest BCUT2D eigenvalue weighted by atomic mass is 10.2. The van der Waals surface area contributed by atoms with E-state index in [1.54, 1.807) is 12.3 Å². The van der Waals surface area contributed by atoms with Crippen LogP contribution in [0.4, 0.5) is 5.69 Å². The summed E-state index contributed by atoms with van der Waals surface area (Å²) >= 11 is 1.10. The Labute approximate surface area is 128 Å². The van der Waals surface area contributed by atoms with Gasteiger partial charge in [0.2, 0.25) is 10.0 Å². The fourth-order valence-corrected chi connectivity index (χ4v) is 4.01. The van der Waals surface area contributed by atoms with Crippen LogP contribution >= 0.6 is 11.3 Å². The van der Waals surface area contributed by atoms with Crippen molar-refractivity contribution in [2.24, 2.45) is 0 Å². The maximum atomic E-state index is 12.1. The Kier molecular flexibility index (Phi) is 4.87. The molecule has 0 aliphatic rings. The van der Waals surface area contributed by atoms with Crippen LogP contribution in [0.5, 0.6) is 5.75 Å². The Balaban J connectivity index is 1.92. The molecule has 0 aliphatic carbocycles. The van der Waals surface area contributed by atoms with E-state index < -0.39 is 10.0 Å². The zero-order valence-corrected chi connectivity index (χ0v) is 13.5. The van der Waals surface area contributed by atoms with Gasteiger partial charge in [0.15, 0.2) is 0 Å². The van der Waals surface area contributed by atoms with E-state index in [0.717, 1.165) is 16.9 Å². The van der Waals surface area contributed by atoms with E-state index in [-0.39, 0.29) is 16.9 Å². The highest BCUT2D eigenvalue weighted by Crippen LogP contribution is 2.21. The van der Waals surface area contributed by atoms with E-state index in [1.807, 2.05) is 31.2 Å². The molecule has 0 saturated heterocycles. The first-order chi connectivity index (χ1) is 9.87. The van der Waals surface area contributed by atoms with Crippen molar-refractivity contribution in [3.8, 4) is 5.75 Å². The van der Waals surface area contributed by atoms with E-state index in [0.29, 0.717) is 11.4 Å². The van der Waals surface area contributed by atoms with Crippen molar-refractivity contribution in [3.05, 3.63) is 41.3 Å². The highest BCUT2D eigenvalue weighted by atomic mass is 32.2. The molecule has 0 bridgehead atoms. The lowest BCUT2D eigenvalue weighted by Gasteiger charge is -2.14. The summed E-state index contributed by atoms with van der Waals surface area (Å²) in [4.78, 5) is 0. The van der Waals surface area contributed by atoms with Gasteiger partial charge < -0.3 is 10.5 Å². The van der Waals surface area contributed by atoms with Crippen molar-refractivity contribution in [2.45, 2.75) is 24.1 Å². The van der Waals surface area contributed by atoms with Crippen molar-refractivity contribution in [2.75, 3.05) is 12.3 Å². The fraction of sp³-hybridized carbons (Fsp3) is 0.286. The maximum absolute atomic E-state index is 12.1. The van der Waals surface area contributed by atoms with Crippen LogP contribution in [0.2, 0.25) is 0 Å². The lowest BCUT2D eigenvalue weighted by Crippen LogP contribution is -2.36. The molecule has 2 aromatic rings. The molecule has 114 valence electrons. The predicted molar refractivity (Wildman–Crippen MR) is 85.2 cm³/mol. The van der Waals surface area contributed by atoms with E-state index >= 15 is 0 Å². The molecule has 21 heavy (non-hydrogen) atoms. The number of hydrogen-bond donors (Lipinski definition) is 2. The number of aryl methyl sites for hydroxylation is 1. The van der Waals surface area contributed by atoms with Gasteiger partial charge in [0.05, 0.1) is 6.04 Å². The molecule has 3 N–H and O–H groups in total. The zero-order valence-electron chi connectivity index (χ0n) is 11.9. The number of ether oxygens (including phenoxy) is 1. The highest BCUT2D eigenvalue weighted by Gasteiger charge is 2.19. The van der Waals surface area contributed by atoms with Gasteiger partial charge in [-0.1, -0.05) is 17.7 Å². The van der Waals surface area contributed by atoms with Crippen molar-refractivity contribution >= 4 is 27.0 Å². The monoisotopic (exact) mass is 326 g/mol. The quantitative estimate of drug-likeness (QED) is 0.854. The summed E-state index contributed by atoms with van der Waals surface area (Å²) in [6.45, 7) is 4.00. The summed E-state index contributed by atoms with van der Waals surface area (Å²) in [6, 6.07) is 8.70. The van der Waals surface area contributed by atoms with Gasteiger partial charge in [0, 0.05) is 11.1 Å². The van der Waals surface area contributed by atoms with Crippen LogP contribution in [-0.4, -0.2) is 21.1 Å². The molecule has 0 amide bonds. The Morgan fingerprint density at radius 3 is 2.57 bits per heavy atom. The van der Waals surface area contributed by atoms with Gasteiger partial charge in [-0.25, -0.2) is 13.1 Å². The van der Waals surface area contributed by atoms with Gasteiger partial charge in [0.25, 0.3) is 0 Å². The first kappa shape index (κ1) is 15.8. The summed E-state index contributed by atoms with van der Waals surface area (Å²) in [6.07, 6.45) is 0. The van der Waals surface area contributed by atoms with Gasteiger partial charge in [-0.15, -0.1) is 11.3 Å². The maximum Gasteiger partial charge on any atom is 0.250 e. The van der Waals surface area contributed by atoms with Crippen LogP contribution in [0, 0.1) is 6.92 Å². The second-order valence-corrected chi connectivity index (χ2v) is 7.70. The van der Waals surface area contributed by atoms with Crippen LogP contribution in [-0.2, 0) is 10.0 Å². The smallest absolute Gasteiger partial charge is 0.250 e. The number of sulfonamides is 1. The lowest BCUT2D eigenvalue weighted by molar-refractivity contribution is 0.287. The van der Waals surface area contributed by atoms with Gasteiger partial charge in [-0.3, -0.25) is 0 Å². The number of nitrogens with two attached hydrogens (primary N) is 1. The standard InChI is InChI=1S/C14H18N2O3S2/c1-10-3-5-13(6-4-10)19-8-11(2)16-21(17,18)14-7-12(15)9-20-14/h3-7,9,11,16H,8,15H2,1-2H3. The number of rotatable bonds is 6. The van der Waals surface area contributed by atoms with Crippen LogP contribution in [0.1, 0.15) is 12.5 Å². The van der Waals surface area contributed by atoms with Gasteiger partial charge >= 0.3 is 0 Å². The molecule has 2 rings (SSSR count). The van der Waals surface area contributed by atoms with E-state index in [4.69, 9.17) is 10.5 Å². The molecular formula is C14H18N2O3S2. The molecule has 7 heteroatoms. The van der Waals surface area contributed by atoms with Gasteiger partial charge in [-0.05, 0) is 32.0 Å². The molecule has 0 fully saturated rings. The number of benzene rings is 1. The Hall–Kier alpha value is -1.57. The molecule has 5 nitrogen and oxygen atoms in total. The number of anilines is 1. The first-order valence-corrected chi connectivity index (χ1v) is 8.79. The first-order valence-electron chi connectivity index (χ1n) is 6.42. The zero-order chi connectivity index (χ0) is 15.5. The number of thiophene rings is 1. The SMILES string of the molecule is Cc1ccc(OCC(C)NS(=O)(=O)c2cc(N)cs2)cc1. The molecule has 1 aromatic carbocycles. The molecule has 1 atom stereocenters. The fourth-order valence-electron chi connectivity index (χ4n) is 1.68. The van der Waals surface area contributed by atoms with Gasteiger partial charge in [0.1, 0.15) is 16.6 Å². The van der Waals surface area contributed by atoms with Crippen LogP contribution < -0.4 is 15.2 Å². The molecule has 0 radical (unpaired) electrons. The Bertz CT molecular complexity index is 693. The third kappa shape index (κ3) is 4.45. The van der Waals surface area contributed by atoms with E-state index in [2.05, 4.69) is 4.72 Å². The normalized spacial score (nSPS) is 13.0. The minimum Gasteiger partial charge on any atom is -0.492 e. The molecule has 0 spiro atoms. The minimum absolute atomic E-state index is 0.210. The summed E-state index contributed by atoms with van der Waals surface area (Å²) < 4.78 is 32.5. The average molecular weight is 326 g/mol. The molecule has 1 unspecified atom stereocenters. The summed E-state index contributed by atoms with van der Waals surface area (Å²) in [5.74, 6) is 0.715. The van der Waals surface area contributed by atoms with Crippen LogP contribution in [0.3, 0.4) is 0 Å². The molecule has 0 aliphatic heterocycles. The van der Waals surface area contributed by atoms with Crippen molar-refractivity contribution < 1.29 is 13.2 Å². The van der Waals surface area contributed by atoms with Gasteiger partial charge in [-0.2, -0.15) is 0 Å². The van der Waals surface area contributed by atoms with Crippen molar-refractivity contribution in [3.63, 3.8) is 0 Å². The Morgan fingerprint density at radius 1 is 1.33 bits per heavy atom. The predicted octanol–water partition coefficient (Wildman–Crippen LogP) is 2.38. The Morgan fingerprint density at radius 2 is 2.00 bits per heavy atom. The van der Waals surface area contributed by atoms with Crippen molar-refractivity contribution in [1.82, 2.24) is 4.72 Å². The molecule has 1 heterocycles. The van der Waals surface area contributed by atoms with Crippen molar-refractivity contribution in [1.29, 1.82) is 0 Å². The van der Waals surface area contributed by atoms with E-state index in [9.17, 15) is 8.42 Å². The number of nitrogen functional groups attached to an aromatic ring is 1. The topological polar surface area (TPSA) is 81.4 Å². The second-order valence-electron chi connectivity index (χ2n) is 4.85. The third-order valence-electron chi connectivity index (χ3n) is 2.74. The number of hydrogen-bond acceptors (Lipinski definition) is 5. The summed E-state index contributed by atoms with van der Waals surface area (Å²) in [5, 5.41) is 1.60. The summed E-state index contributed by atoms with van der Waals surface area (Å²) in [7, 11) is -3.54. The van der Waals surface area contributed by atoms with Crippen LogP contribution in [0.15, 0.2) is 39.9 Å².